The summed E-state index contributed by atoms with van der Waals surface area (Å²) in [5, 5.41) is 22.3. The van der Waals surface area contributed by atoms with Gasteiger partial charge < -0.3 is 14.9 Å². The highest BCUT2D eigenvalue weighted by Gasteiger charge is 2.35. The van der Waals surface area contributed by atoms with Gasteiger partial charge in [0.15, 0.2) is 16.6 Å². The molecule has 160 valence electrons. The van der Waals surface area contributed by atoms with Crippen molar-refractivity contribution in [2.75, 3.05) is 4.90 Å². The van der Waals surface area contributed by atoms with Gasteiger partial charge in [-0.05, 0) is 66.8 Å². The van der Waals surface area contributed by atoms with Crippen LogP contribution in [0.3, 0.4) is 0 Å². The SMILES string of the molecule is O=C1NC(=S)N(c2ccc(Oc3ccccc3)cc2)C(=O)/C1=C/c1c(Br)ccc(O)c1O. The quantitative estimate of drug-likeness (QED) is 0.207. The van der Waals surface area contributed by atoms with E-state index in [2.05, 4.69) is 21.2 Å². The smallest absolute Gasteiger partial charge is 0.270 e. The molecule has 0 aliphatic carbocycles. The van der Waals surface area contributed by atoms with Gasteiger partial charge in [0.2, 0.25) is 0 Å². The van der Waals surface area contributed by atoms with Crippen molar-refractivity contribution in [3.05, 3.63) is 82.3 Å². The van der Waals surface area contributed by atoms with Crippen molar-refractivity contribution in [1.82, 2.24) is 5.32 Å². The summed E-state index contributed by atoms with van der Waals surface area (Å²) in [5.74, 6) is -1.01. The van der Waals surface area contributed by atoms with Crippen LogP contribution in [0.5, 0.6) is 23.0 Å². The number of thiocarbonyl (C=S) groups is 1. The number of phenols is 2. The van der Waals surface area contributed by atoms with Crippen LogP contribution >= 0.6 is 28.1 Å². The summed E-state index contributed by atoms with van der Waals surface area (Å²) in [6.45, 7) is 0. The molecule has 3 aromatic carbocycles. The highest BCUT2D eigenvalue weighted by Crippen LogP contribution is 2.36. The molecule has 1 heterocycles. The molecular weight excluding hydrogens is 496 g/mol. The Morgan fingerprint density at radius 3 is 2.28 bits per heavy atom. The first-order valence-electron chi connectivity index (χ1n) is 9.30. The van der Waals surface area contributed by atoms with Crippen molar-refractivity contribution in [3.63, 3.8) is 0 Å². The van der Waals surface area contributed by atoms with Crippen molar-refractivity contribution in [3.8, 4) is 23.0 Å². The predicted molar refractivity (Wildman–Crippen MR) is 127 cm³/mol. The lowest BCUT2D eigenvalue weighted by molar-refractivity contribution is -0.122. The first-order chi connectivity index (χ1) is 15.3. The van der Waals surface area contributed by atoms with Crippen LogP contribution in [0.15, 0.2) is 76.8 Å². The zero-order chi connectivity index (χ0) is 22.8. The predicted octanol–water partition coefficient (Wildman–Crippen LogP) is 4.48. The van der Waals surface area contributed by atoms with Crippen molar-refractivity contribution in [1.29, 1.82) is 0 Å². The third-order valence-corrected chi connectivity index (χ3v) is 5.58. The standard InChI is InChI=1S/C23H15BrN2O5S/c24-18-10-11-19(27)20(28)16(18)12-17-21(29)25-23(32)26(22(17)30)13-6-8-15(9-7-13)31-14-4-2-1-3-5-14/h1-12,27-28H,(H,25,29,32)/b17-12+. The number of anilines is 1. The molecule has 9 heteroatoms. The summed E-state index contributed by atoms with van der Waals surface area (Å²) >= 11 is 8.45. The summed E-state index contributed by atoms with van der Waals surface area (Å²) < 4.78 is 6.15. The molecule has 0 spiro atoms. The Morgan fingerprint density at radius 1 is 0.938 bits per heavy atom. The second-order valence-corrected chi connectivity index (χ2v) is 7.94. The minimum atomic E-state index is -0.713. The molecule has 0 aromatic heterocycles. The highest BCUT2D eigenvalue weighted by molar-refractivity contribution is 9.10. The van der Waals surface area contributed by atoms with Gasteiger partial charge in [-0.3, -0.25) is 19.8 Å². The van der Waals surface area contributed by atoms with E-state index in [1.54, 1.807) is 24.3 Å². The van der Waals surface area contributed by atoms with Crippen LogP contribution < -0.4 is 15.0 Å². The van der Waals surface area contributed by atoms with Crippen LogP contribution in [0.1, 0.15) is 5.56 Å². The fourth-order valence-electron chi connectivity index (χ4n) is 3.03. The monoisotopic (exact) mass is 510 g/mol. The number of carbonyl (C=O) groups excluding carboxylic acids is 2. The Labute approximate surface area is 196 Å². The van der Waals surface area contributed by atoms with Gasteiger partial charge in [0.1, 0.15) is 17.1 Å². The average Bonchev–Trinajstić information content (AvgIpc) is 2.77. The van der Waals surface area contributed by atoms with E-state index < -0.39 is 17.6 Å². The fraction of sp³-hybridized carbons (Fsp3) is 0. The molecule has 1 saturated heterocycles. The van der Waals surface area contributed by atoms with Gasteiger partial charge in [0.25, 0.3) is 11.8 Å². The van der Waals surface area contributed by atoms with E-state index in [-0.39, 0.29) is 22.0 Å². The summed E-state index contributed by atoms with van der Waals surface area (Å²) in [4.78, 5) is 26.8. The number of rotatable bonds is 4. The first kappa shape index (κ1) is 21.5. The Balaban J connectivity index is 1.65. The van der Waals surface area contributed by atoms with Crippen molar-refractivity contribution >= 4 is 56.8 Å². The van der Waals surface area contributed by atoms with E-state index >= 15 is 0 Å². The van der Waals surface area contributed by atoms with Crippen molar-refractivity contribution < 1.29 is 24.5 Å². The molecule has 32 heavy (non-hydrogen) atoms. The number of phenolic OH excluding ortho intramolecular Hbond substituents is 2. The van der Waals surface area contributed by atoms with Gasteiger partial charge in [-0.15, -0.1) is 0 Å². The van der Waals surface area contributed by atoms with Crippen LogP contribution in [0.2, 0.25) is 0 Å². The Morgan fingerprint density at radius 2 is 1.59 bits per heavy atom. The molecule has 0 radical (unpaired) electrons. The minimum Gasteiger partial charge on any atom is -0.504 e. The van der Waals surface area contributed by atoms with Gasteiger partial charge in [-0.25, -0.2) is 0 Å². The maximum absolute atomic E-state index is 13.2. The van der Waals surface area contributed by atoms with Crippen molar-refractivity contribution in [2.45, 2.75) is 0 Å². The van der Waals surface area contributed by atoms with Gasteiger partial charge in [-0.2, -0.15) is 0 Å². The molecule has 3 aromatic rings. The van der Waals surface area contributed by atoms with E-state index in [0.29, 0.717) is 21.7 Å². The molecule has 1 aliphatic rings. The zero-order valence-electron chi connectivity index (χ0n) is 16.3. The van der Waals surface area contributed by atoms with E-state index in [9.17, 15) is 19.8 Å². The molecule has 2 amide bonds. The average molecular weight is 511 g/mol. The summed E-state index contributed by atoms with van der Waals surface area (Å²) in [6.07, 6.45) is 1.19. The third kappa shape index (κ3) is 4.20. The number of hydrogen-bond acceptors (Lipinski definition) is 6. The molecule has 0 bridgehead atoms. The lowest BCUT2D eigenvalue weighted by Gasteiger charge is -2.29. The molecule has 7 nitrogen and oxygen atoms in total. The number of amides is 2. The number of hydrogen-bond donors (Lipinski definition) is 3. The van der Waals surface area contributed by atoms with Gasteiger partial charge in [0.05, 0.1) is 5.69 Å². The van der Waals surface area contributed by atoms with Crippen LogP contribution in [-0.4, -0.2) is 27.1 Å². The number of ether oxygens (including phenoxy) is 1. The normalized spacial score (nSPS) is 15.1. The molecule has 0 unspecified atom stereocenters. The number of nitrogens with zero attached hydrogens (tertiary/aromatic N) is 1. The summed E-state index contributed by atoms with van der Waals surface area (Å²) in [5.41, 5.74) is 0.248. The van der Waals surface area contributed by atoms with Crippen molar-refractivity contribution in [2.24, 2.45) is 0 Å². The topological polar surface area (TPSA) is 99.1 Å². The second-order valence-electron chi connectivity index (χ2n) is 6.70. The Hall–Kier alpha value is -3.69. The molecule has 1 aliphatic heterocycles. The molecule has 0 atom stereocenters. The lowest BCUT2D eigenvalue weighted by atomic mass is 10.1. The maximum Gasteiger partial charge on any atom is 0.270 e. The largest absolute Gasteiger partial charge is 0.504 e. The number of para-hydroxylation sites is 1. The van der Waals surface area contributed by atoms with E-state index in [1.165, 1.54) is 23.1 Å². The van der Waals surface area contributed by atoms with Gasteiger partial charge in [-0.1, -0.05) is 34.1 Å². The summed E-state index contributed by atoms with van der Waals surface area (Å²) in [7, 11) is 0. The first-order valence-corrected chi connectivity index (χ1v) is 10.5. The zero-order valence-corrected chi connectivity index (χ0v) is 18.7. The van der Waals surface area contributed by atoms with Crippen LogP contribution in [0.4, 0.5) is 5.69 Å². The van der Waals surface area contributed by atoms with Crippen LogP contribution in [0.25, 0.3) is 6.08 Å². The molecular formula is C23H15BrN2O5S. The summed E-state index contributed by atoms with van der Waals surface area (Å²) in [6, 6.07) is 18.6. The fourth-order valence-corrected chi connectivity index (χ4v) is 3.75. The van der Waals surface area contributed by atoms with E-state index in [1.807, 2.05) is 30.3 Å². The number of aromatic hydroxyl groups is 2. The Bertz CT molecular complexity index is 1260. The number of benzene rings is 3. The second kappa shape index (κ2) is 8.81. The maximum atomic E-state index is 13.2. The number of carbonyl (C=O) groups is 2. The van der Waals surface area contributed by atoms with Crippen LogP contribution in [0, 0.1) is 0 Å². The third-order valence-electron chi connectivity index (χ3n) is 4.61. The molecule has 4 rings (SSSR count). The van der Waals surface area contributed by atoms with Crippen LogP contribution in [-0.2, 0) is 9.59 Å². The van der Waals surface area contributed by atoms with Gasteiger partial charge in [0, 0.05) is 10.0 Å². The number of halogens is 1. The molecule has 3 N–H and O–H groups in total. The highest BCUT2D eigenvalue weighted by atomic mass is 79.9. The van der Waals surface area contributed by atoms with E-state index in [4.69, 9.17) is 17.0 Å². The van der Waals surface area contributed by atoms with Gasteiger partial charge >= 0.3 is 0 Å². The molecule has 1 fully saturated rings. The Kier molecular flexibility index (Phi) is 5.93. The number of nitrogens with one attached hydrogen (secondary N) is 1. The lowest BCUT2D eigenvalue weighted by Crippen LogP contribution is -2.54. The molecule has 0 saturated carbocycles. The minimum absolute atomic E-state index is 0.0759. The van der Waals surface area contributed by atoms with E-state index in [0.717, 1.165) is 0 Å².